The van der Waals surface area contributed by atoms with Gasteiger partial charge in [0.15, 0.2) is 0 Å². The predicted octanol–water partition coefficient (Wildman–Crippen LogP) is 4.62. The minimum absolute atomic E-state index is 0.622. The lowest BCUT2D eigenvalue weighted by atomic mass is 10.2. The summed E-state index contributed by atoms with van der Waals surface area (Å²) in [6.45, 7) is 5.46. The third kappa shape index (κ3) is 3.20. The van der Waals surface area contributed by atoms with Gasteiger partial charge in [0.2, 0.25) is 0 Å². The van der Waals surface area contributed by atoms with Crippen LogP contribution in [0.15, 0.2) is 54.6 Å². The standard InChI is InChI=1S/C21H22N4O/c1-3-26-19-11-7-5-9-17(19)24-20-14-21(23-15(2)22-20)25-13-12-16-8-4-6-10-18(16)25/h4-11,14H,3,12-13H2,1-2H3,(H,22,23,24). The van der Waals surface area contributed by atoms with Crippen LogP contribution >= 0.6 is 0 Å². The summed E-state index contributed by atoms with van der Waals surface area (Å²) in [6, 6.07) is 18.4. The second-order valence-corrected chi connectivity index (χ2v) is 6.24. The third-order valence-electron chi connectivity index (χ3n) is 4.44. The van der Waals surface area contributed by atoms with E-state index in [1.54, 1.807) is 0 Å². The Morgan fingerprint density at radius 2 is 1.88 bits per heavy atom. The lowest BCUT2D eigenvalue weighted by Gasteiger charge is -2.20. The van der Waals surface area contributed by atoms with Gasteiger partial charge in [-0.05, 0) is 44.0 Å². The number of fused-ring (bicyclic) bond motifs is 1. The minimum Gasteiger partial charge on any atom is -0.492 e. The minimum atomic E-state index is 0.622. The van der Waals surface area contributed by atoms with Crippen LogP contribution in [-0.4, -0.2) is 23.1 Å². The van der Waals surface area contributed by atoms with Crippen LogP contribution in [0.3, 0.4) is 0 Å². The van der Waals surface area contributed by atoms with Gasteiger partial charge in [-0.25, -0.2) is 9.97 Å². The Labute approximate surface area is 153 Å². The Morgan fingerprint density at radius 3 is 2.77 bits per heavy atom. The molecular formula is C21H22N4O. The summed E-state index contributed by atoms with van der Waals surface area (Å²) >= 11 is 0. The van der Waals surface area contributed by atoms with E-state index < -0.39 is 0 Å². The molecule has 1 aliphatic rings. The van der Waals surface area contributed by atoms with Crippen molar-refractivity contribution in [1.82, 2.24) is 9.97 Å². The number of rotatable bonds is 5. The fourth-order valence-electron chi connectivity index (χ4n) is 3.32. The van der Waals surface area contributed by atoms with Crippen LogP contribution in [0.25, 0.3) is 0 Å². The van der Waals surface area contributed by atoms with Crippen molar-refractivity contribution in [3.05, 3.63) is 66.0 Å². The SMILES string of the molecule is CCOc1ccccc1Nc1cc(N2CCc3ccccc32)nc(C)n1. The van der Waals surface area contributed by atoms with Crippen molar-refractivity contribution in [2.45, 2.75) is 20.3 Å². The van der Waals surface area contributed by atoms with Crippen molar-refractivity contribution in [3.8, 4) is 5.75 Å². The second-order valence-electron chi connectivity index (χ2n) is 6.24. The summed E-state index contributed by atoms with van der Waals surface area (Å²) < 4.78 is 5.70. The van der Waals surface area contributed by atoms with E-state index in [0.29, 0.717) is 6.61 Å². The van der Waals surface area contributed by atoms with Gasteiger partial charge >= 0.3 is 0 Å². The summed E-state index contributed by atoms with van der Waals surface area (Å²) in [6.07, 6.45) is 1.04. The molecule has 0 aliphatic carbocycles. The zero-order valence-electron chi connectivity index (χ0n) is 15.1. The molecule has 0 spiro atoms. The van der Waals surface area contributed by atoms with Gasteiger partial charge in [0.05, 0.1) is 12.3 Å². The highest BCUT2D eigenvalue weighted by molar-refractivity contribution is 5.71. The number of anilines is 4. The molecule has 5 heteroatoms. The Balaban J connectivity index is 1.66. The second kappa shape index (κ2) is 7.04. The molecule has 0 radical (unpaired) electrons. The van der Waals surface area contributed by atoms with E-state index in [1.807, 2.05) is 44.2 Å². The Kier molecular flexibility index (Phi) is 4.44. The van der Waals surface area contributed by atoms with Gasteiger partial charge < -0.3 is 15.0 Å². The summed E-state index contributed by atoms with van der Waals surface area (Å²) in [4.78, 5) is 11.5. The largest absolute Gasteiger partial charge is 0.492 e. The highest BCUT2D eigenvalue weighted by Crippen LogP contribution is 2.35. The highest BCUT2D eigenvalue weighted by atomic mass is 16.5. The van der Waals surface area contributed by atoms with Gasteiger partial charge in [0, 0.05) is 18.3 Å². The lowest BCUT2D eigenvalue weighted by Crippen LogP contribution is -2.16. The number of hydrogen-bond acceptors (Lipinski definition) is 5. The Bertz CT molecular complexity index is 925. The summed E-state index contributed by atoms with van der Waals surface area (Å²) in [5.41, 5.74) is 3.49. The monoisotopic (exact) mass is 346 g/mol. The van der Waals surface area contributed by atoms with Crippen LogP contribution in [0.4, 0.5) is 23.0 Å². The molecule has 4 rings (SSSR count). The molecule has 1 aliphatic heterocycles. The maximum Gasteiger partial charge on any atom is 0.142 e. The van der Waals surface area contributed by atoms with E-state index in [0.717, 1.165) is 41.9 Å². The maximum absolute atomic E-state index is 5.70. The van der Waals surface area contributed by atoms with E-state index in [1.165, 1.54) is 11.3 Å². The Hall–Kier alpha value is -3.08. The topological polar surface area (TPSA) is 50.3 Å². The number of hydrogen-bond donors (Lipinski definition) is 1. The van der Waals surface area contributed by atoms with Gasteiger partial charge in [-0.2, -0.15) is 0 Å². The first-order valence-corrected chi connectivity index (χ1v) is 8.94. The van der Waals surface area contributed by atoms with Gasteiger partial charge in [-0.15, -0.1) is 0 Å². The molecule has 0 fully saturated rings. The molecule has 0 atom stereocenters. The molecule has 1 aromatic heterocycles. The molecule has 0 amide bonds. The maximum atomic E-state index is 5.70. The first-order valence-electron chi connectivity index (χ1n) is 8.94. The number of para-hydroxylation sites is 3. The molecule has 2 aromatic carbocycles. The average molecular weight is 346 g/mol. The predicted molar refractivity (Wildman–Crippen MR) is 105 cm³/mol. The normalized spacial score (nSPS) is 12.8. The quantitative estimate of drug-likeness (QED) is 0.730. The highest BCUT2D eigenvalue weighted by Gasteiger charge is 2.21. The van der Waals surface area contributed by atoms with Gasteiger partial charge in [-0.1, -0.05) is 30.3 Å². The van der Waals surface area contributed by atoms with E-state index in [-0.39, 0.29) is 0 Å². The first-order chi connectivity index (χ1) is 12.7. The van der Waals surface area contributed by atoms with E-state index >= 15 is 0 Å². The Morgan fingerprint density at radius 1 is 1.08 bits per heavy atom. The molecular weight excluding hydrogens is 324 g/mol. The van der Waals surface area contributed by atoms with Crippen LogP contribution in [0, 0.1) is 6.92 Å². The van der Waals surface area contributed by atoms with Crippen LogP contribution in [0.2, 0.25) is 0 Å². The molecule has 0 saturated heterocycles. The van der Waals surface area contributed by atoms with Crippen molar-refractivity contribution in [2.24, 2.45) is 0 Å². The van der Waals surface area contributed by atoms with Crippen molar-refractivity contribution in [3.63, 3.8) is 0 Å². The van der Waals surface area contributed by atoms with E-state index in [2.05, 4.69) is 44.5 Å². The van der Waals surface area contributed by atoms with Crippen LogP contribution in [-0.2, 0) is 6.42 Å². The number of aryl methyl sites for hydroxylation is 1. The number of nitrogens with zero attached hydrogens (tertiary/aromatic N) is 3. The number of benzene rings is 2. The van der Waals surface area contributed by atoms with E-state index in [9.17, 15) is 0 Å². The van der Waals surface area contributed by atoms with Crippen molar-refractivity contribution in [2.75, 3.05) is 23.4 Å². The number of aromatic nitrogens is 2. The number of ether oxygens (including phenoxy) is 1. The van der Waals surface area contributed by atoms with Crippen molar-refractivity contribution >= 4 is 23.0 Å². The molecule has 2 heterocycles. The smallest absolute Gasteiger partial charge is 0.142 e. The zero-order chi connectivity index (χ0) is 17.9. The van der Waals surface area contributed by atoms with Gasteiger partial charge in [0.1, 0.15) is 23.2 Å². The summed E-state index contributed by atoms with van der Waals surface area (Å²) in [7, 11) is 0. The van der Waals surface area contributed by atoms with E-state index in [4.69, 9.17) is 4.74 Å². The van der Waals surface area contributed by atoms with Crippen LogP contribution in [0.1, 0.15) is 18.3 Å². The van der Waals surface area contributed by atoms with Crippen LogP contribution in [0.5, 0.6) is 5.75 Å². The van der Waals surface area contributed by atoms with Gasteiger partial charge in [-0.3, -0.25) is 0 Å². The average Bonchev–Trinajstić information content (AvgIpc) is 3.07. The molecule has 5 nitrogen and oxygen atoms in total. The first kappa shape index (κ1) is 16.4. The summed E-state index contributed by atoms with van der Waals surface area (Å²) in [5.74, 6) is 3.24. The van der Waals surface area contributed by atoms with Gasteiger partial charge in [0.25, 0.3) is 0 Å². The fraction of sp³-hybridized carbons (Fsp3) is 0.238. The van der Waals surface area contributed by atoms with Crippen molar-refractivity contribution < 1.29 is 4.74 Å². The van der Waals surface area contributed by atoms with Crippen LogP contribution < -0.4 is 15.0 Å². The molecule has 0 saturated carbocycles. The molecule has 1 N–H and O–H groups in total. The lowest BCUT2D eigenvalue weighted by molar-refractivity contribution is 0.342. The van der Waals surface area contributed by atoms with Crippen molar-refractivity contribution in [1.29, 1.82) is 0 Å². The summed E-state index contributed by atoms with van der Waals surface area (Å²) in [5, 5.41) is 3.38. The molecule has 26 heavy (non-hydrogen) atoms. The zero-order valence-corrected chi connectivity index (χ0v) is 15.1. The molecule has 0 unspecified atom stereocenters. The number of nitrogens with one attached hydrogen (secondary N) is 1. The fourth-order valence-corrected chi connectivity index (χ4v) is 3.32. The third-order valence-corrected chi connectivity index (χ3v) is 4.44. The molecule has 3 aromatic rings. The molecule has 132 valence electrons. The molecule has 0 bridgehead atoms.